The maximum atomic E-state index is 14.5. The lowest BCUT2D eigenvalue weighted by atomic mass is 9.46. The molecule has 0 radical (unpaired) electrons. The van der Waals surface area contributed by atoms with E-state index >= 15 is 0 Å². The number of Topliss-reactive ketones (excluding diaryl/α,β-unsaturated/α-hetero) is 1. The number of ketones is 1. The molecule has 6 aliphatic rings. The summed E-state index contributed by atoms with van der Waals surface area (Å²) in [6, 6.07) is 6.31. The molecule has 17 atom stereocenters. The summed E-state index contributed by atoms with van der Waals surface area (Å²) in [7, 11) is -2.98. The molecule has 1 aromatic rings. The Kier molecular flexibility index (Phi) is 18.3. The number of rotatable bonds is 17. The number of aliphatic hydroxyl groups excluding tert-OH is 2. The minimum absolute atomic E-state index is 0.0344. The van der Waals surface area contributed by atoms with E-state index in [-0.39, 0.29) is 63.9 Å². The van der Waals surface area contributed by atoms with E-state index in [1.165, 1.54) is 31.7 Å². The van der Waals surface area contributed by atoms with Crippen LogP contribution in [0.4, 0.5) is 0 Å². The highest BCUT2D eigenvalue weighted by Crippen LogP contribution is 2.69. The molecule has 0 bridgehead atoms. The Morgan fingerprint density at radius 1 is 0.803 bits per heavy atom. The number of aliphatic hydroxyl groups is 3. The summed E-state index contributed by atoms with van der Waals surface area (Å²) in [4.78, 5) is 41.5. The number of carbonyl (C=O) groups is 3. The van der Waals surface area contributed by atoms with Crippen molar-refractivity contribution in [2.75, 3.05) is 20.3 Å². The van der Waals surface area contributed by atoms with E-state index in [2.05, 4.69) is 88.4 Å². The highest BCUT2D eigenvalue weighted by Gasteiger charge is 2.71. The van der Waals surface area contributed by atoms with Gasteiger partial charge in [-0.15, -0.1) is 0 Å². The number of ether oxygens (including phenoxy) is 7. The zero-order valence-electron chi connectivity index (χ0n) is 49.1. The Morgan fingerprint density at radius 2 is 1.42 bits per heavy atom. The van der Waals surface area contributed by atoms with Gasteiger partial charge in [-0.1, -0.05) is 87.8 Å². The normalized spacial score (nSPS) is 37.5. The average Bonchev–Trinajstić information content (AvgIpc) is 3.56. The van der Waals surface area contributed by atoms with E-state index in [9.17, 15) is 29.7 Å². The number of fused-ring (bicyclic) bond motifs is 5. The topological polar surface area (TPSA) is 195 Å². The van der Waals surface area contributed by atoms with Gasteiger partial charge in [0.25, 0.3) is 0 Å². The third-order valence-electron chi connectivity index (χ3n) is 20.2. The highest BCUT2D eigenvalue weighted by atomic mass is 28.4. The Labute approximate surface area is 456 Å². The molecule has 1 aromatic carbocycles. The second kappa shape index (κ2) is 22.8. The first-order valence-corrected chi connectivity index (χ1v) is 34.2. The van der Waals surface area contributed by atoms with Gasteiger partial charge < -0.3 is 57.3 Å². The van der Waals surface area contributed by atoms with Crippen molar-refractivity contribution >= 4 is 34.4 Å². The van der Waals surface area contributed by atoms with Gasteiger partial charge in [0.05, 0.1) is 38.1 Å². The molecule has 7 rings (SSSR count). The first-order valence-electron chi connectivity index (χ1n) is 28.4. The van der Waals surface area contributed by atoms with Crippen LogP contribution in [0.15, 0.2) is 35.9 Å². The second-order valence-electron chi connectivity index (χ2n) is 27.4. The minimum atomic E-state index is -2.51. The van der Waals surface area contributed by atoms with Gasteiger partial charge in [0.2, 0.25) is 0 Å². The van der Waals surface area contributed by atoms with Crippen molar-refractivity contribution in [1.29, 1.82) is 0 Å². The van der Waals surface area contributed by atoms with Crippen LogP contribution in [0.5, 0.6) is 5.75 Å². The molecular weight excluding hydrogens is 1000 g/mol. The summed E-state index contributed by atoms with van der Waals surface area (Å²) in [5.41, 5.74) is -0.777. The lowest BCUT2D eigenvalue weighted by Gasteiger charge is -2.60. The van der Waals surface area contributed by atoms with E-state index in [4.69, 9.17) is 42.0 Å². The molecule has 2 aliphatic heterocycles. The number of carbonyl (C=O) groups excluding carboxylic acids is 3. The number of hydrogen-bond acceptors (Lipinski definition) is 15. The van der Waals surface area contributed by atoms with Crippen molar-refractivity contribution in [3.05, 3.63) is 41.5 Å². The summed E-state index contributed by atoms with van der Waals surface area (Å²) in [6.07, 6.45) is -2.50. The van der Waals surface area contributed by atoms with Gasteiger partial charge in [0.15, 0.2) is 41.4 Å². The average molecular weight is 1100 g/mol. The fourth-order valence-corrected chi connectivity index (χ4v) is 16.1. The predicted octanol–water partition coefficient (Wildman–Crippen LogP) is 10.1. The molecule has 3 saturated carbocycles. The molecule has 430 valence electrons. The van der Waals surface area contributed by atoms with E-state index in [1.54, 1.807) is 12.1 Å². The van der Waals surface area contributed by atoms with Crippen molar-refractivity contribution < 1.29 is 71.7 Å². The van der Waals surface area contributed by atoms with Crippen LogP contribution < -0.4 is 4.74 Å². The first kappa shape index (κ1) is 61.1. The molecule has 0 aromatic heterocycles. The third kappa shape index (κ3) is 11.9. The van der Waals surface area contributed by atoms with E-state index in [1.807, 2.05) is 20.0 Å². The number of methoxy groups -OCH3 is 1. The zero-order valence-corrected chi connectivity index (χ0v) is 51.1. The molecule has 9 unspecified atom stereocenters. The largest absolute Gasteiger partial charge is 0.497 e. The number of esters is 2. The van der Waals surface area contributed by atoms with Gasteiger partial charge >= 0.3 is 11.9 Å². The molecule has 2 saturated heterocycles. The lowest BCUT2D eigenvalue weighted by molar-refractivity contribution is -0.344. The monoisotopic (exact) mass is 1100 g/mol. The van der Waals surface area contributed by atoms with Crippen molar-refractivity contribution in [3.63, 3.8) is 0 Å². The lowest BCUT2D eigenvalue weighted by Crippen LogP contribution is -2.64. The summed E-state index contributed by atoms with van der Waals surface area (Å²) in [6.45, 7) is 33.2. The van der Waals surface area contributed by atoms with E-state index in [0.29, 0.717) is 37.4 Å². The Balaban J connectivity index is 1.19. The Bertz CT molecular complexity index is 2240. The highest BCUT2D eigenvalue weighted by molar-refractivity contribution is 6.74. The fraction of sp³-hybridized carbons (Fsp3) is 0.814. The standard InChI is InChI=1S/C59H96O15Si2/c1-34(2)18-25-44(61)35(3)59(65)47(31-43-41-24-21-38-30-40(73-75(14,15)55(5,6)7)26-28-57(38,11)42(41)27-29-58(43,59)12)70-54-51(69-36(4)60)49(45(62)32-67-54)72-53-50(71-52(64)37-19-22-39(66-13)23-20-37)48(63)46(33-68-53)74-76(16,17)56(8,9)10/h19-23,34-35,40-43,45-51,53-54,62-63,65H,18,24-33H2,1-17H3/t35-,40+,41-,42?,43+,45?,46?,47+,48?,49?,50?,51?,53?,54?,57+,58+,59-/m1/s1. The fourth-order valence-electron chi connectivity index (χ4n) is 13.4. The maximum absolute atomic E-state index is 14.5. The number of hydrogen-bond donors (Lipinski definition) is 3. The Morgan fingerprint density at radius 3 is 2.03 bits per heavy atom. The van der Waals surface area contributed by atoms with Gasteiger partial charge in [-0.3, -0.25) is 9.59 Å². The molecule has 3 N–H and O–H groups in total. The van der Waals surface area contributed by atoms with Gasteiger partial charge in [0, 0.05) is 30.8 Å². The van der Waals surface area contributed by atoms with Gasteiger partial charge in [-0.05, 0) is 141 Å². The molecular formula is C59H96O15Si2. The summed E-state index contributed by atoms with van der Waals surface area (Å²) in [5.74, 6) is -1.02. The number of benzene rings is 1. The Hall–Kier alpha value is -2.56. The van der Waals surface area contributed by atoms with Crippen LogP contribution in [0.3, 0.4) is 0 Å². The van der Waals surface area contributed by atoms with Gasteiger partial charge in [-0.25, -0.2) is 4.79 Å². The van der Waals surface area contributed by atoms with Crippen molar-refractivity contribution in [1.82, 2.24) is 0 Å². The molecule has 2 heterocycles. The first-order chi connectivity index (χ1) is 35.2. The van der Waals surface area contributed by atoms with Crippen LogP contribution in [0.25, 0.3) is 0 Å². The van der Waals surface area contributed by atoms with Crippen molar-refractivity contribution in [3.8, 4) is 5.75 Å². The second-order valence-corrected chi connectivity index (χ2v) is 36.9. The molecule has 0 amide bonds. The minimum Gasteiger partial charge on any atom is -0.497 e. The van der Waals surface area contributed by atoms with Crippen LogP contribution in [-0.2, 0) is 46.9 Å². The van der Waals surface area contributed by atoms with Crippen LogP contribution >= 0.6 is 0 Å². The molecule has 76 heavy (non-hydrogen) atoms. The SMILES string of the molecule is COc1ccc(C(=O)OC2C(OC3C(O)COC(O[C@H]4C[C@H]5[C@@H]6CC=C7C[C@@H](O[Si](C)(C)C(C)(C)C)CC[C@]7(C)C6CC[C@]5(C)[C@@]4(O)[C@H](C)C(=O)CCC(C)C)C3OC(C)=O)OCC(O[Si](C)(C)C(C)(C)C)C2O)cc1. The molecule has 4 aliphatic carbocycles. The van der Waals surface area contributed by atoms with Crippen molar-refractivity contribution in [2.24, 2.45) is 40.4 Å². The molecule has 15 nitrogen and oxygen atoms in total. The smallest absolute Gasteiger partial charge is 0.338 e. The van der Waals surface area contributed by atoms with Crippen LogP contribution in [-0.4, -0.2) is 137 Å². The van der Waals surface area contributed by atoms with Crippen molar-refractivity contribution in [2.45, 2.75) is 244 Å². The predicted molar refractivity (Wildman–Crippen MR) is 293 cm³/mol. The quantitative estimate of drug-likeness (QED) is 0.0757. The van der Waals surface area contributed by atoms with Crippen LogP contribution in [0.1, 0.15) is 151 Å². The number of allylic oxidation sites excluding steroid dienone is 1. The van der Waals surface area contributed by atoms with Crippen LogP contribution in [0, 0.1) is 40.4 Å². The summed E-state index contributed by atoms with van der Waals surface area (Å²) < 4.78 is 57.3. The zero-order chi connectivity index (χ0) is 56.3. The van der Waals surface area contributed by atoms with E-state index in [0.717, 1.165) is 32.1 Å². The molecule has 5 fully saturated rings. The molecule has 17 heteroatoms. The van der Waals surface area contributed by atoms with Gasteiger partial charge in [-0.2, -0.15) is 0 Å². The third-order valence-corrected chi connectivity index (χ3v) is 29.3. The van der Waals surface area contributed by atoms with Crippen LogP contribution in [0.2, 0.25) is 36.3 Å². The van der Waals surface area contributed by atoms with Gasteiger partial charge in [0.1, 0.15) is 35.4 Å². The summed E-state index contributed by atoms with van der Waals surface area (Å²) >= 11 is 0. The molecule has 0 spiro atoms. The summed E-state index contributed by atoms with van der Waals surface area (Å²) in [5, 5.41) is 37.6. The van der Waals surface area contributed by atoms with E-state index < -0.39 is 101 Å². The maximum Gasteiger partial charge on any atom is 0.338 e.